The van der Waals surface area contributed by atoms with Gasteiger partial charge in [0.25, 0.3) is 0 Å². The quantitative estimate of drug-likeness (QED) is 0.908. The van der Waals surface area contributed by atoms with Crippen LogP contribution in [-0.2, 0) is 0 Å². The molecule has 94 valence electrons. The van der Waals surface area contributed by atoms with Crippen molar-refractivity contribution in [3.05, 3.63) is 45.2 Å². The Labute approximate surface area is 108 Å². The number of aromatic nitrogens is 1. The van der Waals surface area contributed by atoms with Crippen LogP contribution in [0, 0.1) is 0 Å². The maximum atomic E-state index is 11.9. The summed E-state index contributed by atoms with van der Waals surface area (Å²) in [5.74, 6) is -1.14. The Bertz CT molecular complexity index is 688. The van der Waals surface area contributed by atoms with E-state index in [1.807, 2.05) is 13.8 Å². The standard InChI is InChI=1S/C13H12ClNO3/c1-7(2)15-10(13(17)18)6-11(16)8-4-3-5-9(14)12(8)15/h3-7H,1-2H3,(H,17,18). The van der Waals surface area contributed by atoms with Gasteiger partial charge >= 0.3 is 5.97 Å². The van der Waals surface area contributed by atoms with Crippen molar-refractivity contribution >= 4 is 28.5 Å². The average molecular weight is 266 g/mol. The Morgan fingerprint density at radius 1 is 1.39 bits per heavy atom. The molecule has 0 spiro atoms. The molecule has 1 aromatic heterocycles. The van der Waals surface area contributed by atoms with Crippen LogP contribution >= 0.6 is 11.6 Å². The number of rotatable bonds is 2. The molecule has 1 aromatic carbocycles. The molecule has 0 aliphatic heterocycles. The molecule has 2 rings (SSSR count). The largest absolute Gasteiger partial charge is 0.477 e. The molecular formula is C13H12ClNO3. The number of aromatic carboxylic acids is 1. The Kier molecular flexibility index (Phi) is 3.13. The molecule has 5 heteroatoms. The van der Waals surface area contributed by atoms with Crippen LogP contribution in [0.25, 0.3) is 10.9 Å². The van der Waals surface area contributed by atoms with Gasteiger partial charge in [0.1, 0.15) is 5.69 Å². The van der Waals surface area contributed by atoms with E-state index in [0.717, 1.165) is 6.07 Å². The van der Waals surface area contributed by atoms with Gasteiger partial charge in [-0.3, -0.25) is 4.79 Å². The molecule has 2 aromatic rings. The third-order valence-corrected chi connectivity index (χ3v) is 3.06. The third-order valence-electron chi connectivity index (χ3n) is 2.76. The number of halogens is 1. The molecule has 0 bridgehead atoms. The molecule has 1 N–H and O–H groups in total. The second-order valence-corrected chi connectivity index (χ2v) is 4.71. The SMILES string of the molecule is CC(C)n1c(C(=O)O)cc(=O)c2cccc(Cl)c21. The fraction of sp³-hybridized carbons (Fsp3) is 0.231. The third kappa shape index (κ3) is 1.88. The summed E-state index contributed by atoms with van der Waals surface area (Å²) in [5.41, 5.74) is 0.0940. The topological polar surface area (TPSA) is 59.3 Å². The summed E-state index contributed by atoms with van der Waals surface area (Å²) in [4.78, 5) is 23.1. The first-order valence-corrected chi connectivity index (χ1v) is 5.88. The van der Waals surface area contributed by atoms with E-state index in [9.17, 15) is 14.7 Å². The van der Waals surface area contributed by atoms with Crippen LogP contribution in [0.1, 0.15) is 30.4 Å². The molecule has 0 amide bonds. The predicted molar refractivity (Wildman–Crippen MR) is 70.6 cm³/mol. The zero-order valence-corrected chi connectivity index (χ0v) is 10.7. The number of carboxylic acids is 1. The van der Waals surface area contributed by atoms with Crippen LogP contribution < -0.4 is 5.43 Å². The van der Waals surface area contributed by atoms with E-state index in [1.54, 1.807) is 22.8 Å². The first kappa shape index (κ1) is 12.6. The minimum Gasteiger partial charge on any atom is -0.477 e. The lowest BCUT2D eigenvalue weighted by atomic mass is 10.1. The predicted octanol–water partition coefficient (Wildman–Crippen LogP) is 2.93. The number of carboxylic acid groups (broad SMARTS) is 1. The Morgan fingerprint density at radius 2 is 2.06 bits per heavy atom. The number of carbonyl (C=O) groups is 1. The fourth-order valence-electron chi connectivity index (χ4n) is 2.05. The van der Waals surface area contributed by atoms with Crippen LogP contribution in [0.15, 0.2) is 29.1 Å². The van der Waals surface area contributed by atoms with Gasteiger partial charge in [-0.25, -0.2) is 4.79 Å². The van der Waals surface area contributed by atoms with Gasteiger partial charge in [0.2, 0.25) is 0 Å². The summed E-state index contributed by atoms with van der Waals surface area (Å²) < 4.78 is 1.57. The van der Waals surface area contributed by atoms with Gasteiger partial charge < -0.3 is 9.67 Å². The molecule has 0 radical (unpaired) electrons. The molecule has 0 saturated carbocycles. The number of fused-ring (bicyclic) bond motifs is 1. The highest BCUT2D eigenvalue weighted by atomic mass is 35.5. The molecule has 1 heterocycles. The van der Waals surface area contributed by atoms with Gasteiger partial charge in [0.05, 0.1) is 10.5 Å². The van der Waals surface area contributed by atoms with Gasteiger partial charge in [0, 0.05) is 17.5 Å². The van der Waals surface area contributed by atoms with E-state index < -0.39 is 5.97 Å². The molecule has 0 unspecified atom stereocenters. The van der Waals surface area contributed by atoms with Crippen molar-refractivity contribution in [2.45, 2.75) is 19.9 Å². The summed E-state index contributed by atoms with van der Waals surface area (Å²) >= 11 is 6.10. The smallest absolute Gasteiger partial charge is 0.352 e. The van der Waals surface area contributed by atoms with Crippen molar-refractivity contribution in [2.24, 2.45) is 0 Å². The zero-order chi connectivity index (χ0) is 13.4. The van der Waals surface area contributed by atoms with E-state index in [2.05, 4.69) is 0 Å². The molecular weight excluding hydrogens is 254 g/mol. The Hall–Kier alpha value is -1.81. The number of pyridine rings is 1. The molecule has 0 aliphatic carbocycles. The van der Waals surface area contributed by atoms with Gasteiger partial charge in [0.15, 0.2) is 5.43 Å². The van der Waals surface area contributed by atoms with Crippen LogP contribution in [0.3, 0.4) is 0 Å². The van der Waals surface area contributed by atoms with Crippen molar-refractivity contribution in [1.82, 2.24) is 4.57 Å². The average Bonchev–Trinajstić information content (AvgIpc) is 2.29. The van der Waals surface area contributed by atoms with Crippen LogP contribution in [0.5, 0.6) is 0 Å². The zero-order valence-electron chi connectivity index (χ0n) is 9.98. The highest BCUT2D eigenvalue weighted by molar-refractivity contribution is 6.35. The van der Waals surface area contributed by atoms with Crippen LogP contribution in [-0.4, -0.2) is 15.6 Å². The Balaban J connectivity index is 3.06. The molecule has 4 nitrogen and oxygen atoms in total. The first-order valence-electron chi connectivity index (χ1n) is 5.50. The maximum Gasteiger partial charge on any atom is 0.352 e. The number of benzene rings is 1. The molecule has 18 heavy (non-hydrogen) atoms. The maximum absolute atomic E-state index is 11.9. The number of para-hydroxylation sites is 1. The van der Waals surface area contributed by atoms with E-state index >= 15 is 0 Å². The van der Waals surface area contributed by atoms with Gasteiger partial charge in [-0.15, -0.1) is 0 Å². The lowest BCUT2D eigenvalue weighted by Crippen LogP contribution is -2.19. The van der Waals surface area contributed by atoms with Crippen molar-refractivity contribution in [1.29, 1.82) is 0 Å². The molecule has 0 aliphatic rings. The minimum absolute atomic E-state index is 0.0457. The van der Waals surface area contributed by atoms with Crippen LogP contribution in [0.2, 0.25) is 5.02 Å². The van der Waals surface area contributed by atoms with E-state index in [4.69, 9.17) is 11.6 Å². The highest BCUT2D eigenvalue weighted by Crippen LogP contribution is 2.25. The van der Waals surface area contributed by atoms with Crippen molar-refractivity contribution in [2.75, 3.05) is 0 Å². The lowest BCUT2D eigenvalue weighted by molar-refractivity contribution is 0.0683. The normalized spacial score (nSPS) is 11.1. The minimum atomic E-state index is -1.14. The summed E-state index contributed by atoms with van der Waals surface area (Å²) in [6.07, 6.45) is 0. The van der Waals surface area contributed by atoms with Gasteiger partial charge in [-0.05, 0) is 26.0 Å². The second-order valence-electron chi connectivity index (χ2n) is 4.30. The first-order chi connectivity index (χ1) is 8.43. The summed E-state index contributed by atoms with van der Waals surface area (Å²) in [7, 11) is 0. The van der Waals surface area contributed by atoms with Gasteiger partial charge in [-0.1, -0.05) is 17.7 Å². The molecule has 0 atom stereocenters. The van der Waals surface area contributed by atoms with E-state index in [1.165, 1.54) is 0 Å². The summed E-state index contributed by atoms with van der Waals surface area (Å²) in [6.45, 7) is 3.69. The van der Waals surface area contributed by atoms with E-state index in [-0.39, 0.29) is 17.2 Å². The van der Waals surface area contributed by atoms with Gasteiger partial charge in [-0.2, -0.15) is 0 Å². The summed E-state index contributed by atoms with van der Waals surface area (Å²) in [5, 5.41) is 9.99. The summed E-state index contributed by atoms with van der Waals surface area (Å²) in [6, 6.07) is 6.00. The van der Waals surface area contributed by atoms with Crippen LogP contribution in [0.4, 0.5) is 0 Å². The van der Waals surface area contributed by atoms with Crippen molar-refractivity contribution in [3.63, 3.8) is 0 Å². The Morgan fingerprint density at radius 3 is 2.61 bits per heavy atom. The monoisotopic (exact) mass is 265 g/mol. The molecule has 0 saturated heterocycles. The van der Waals surface area contributed by atoms with Crippen molar-refractivity contribution < 1.29 is 9.90 Å². The second kappa shape index (κ2) is 4.46. The number of hydrogen-bond acceptors (Lipinski definition) is 2. The van der Waals surface area contributed by atoms with Crippen molar-refractivity contribution in [3.8, 4) is 0 Å². The number of hydrogen-bond donors (Lipinski definition) is 1. The highest BCUT2D eigenvalue weighted by Gasteiger charge is 2.17. The number of nitrogens with zero attached hydrogens (tertiary/aromatic N) is 1. The van der Waals surface area contributed by atoms with E-state index in [0.29, 0.717) is 15.9 Å². The lowest BCUT2D eigenvalue weighted by Gasteiger charge is -2.18. The molecule has 0 fully saturated rings. The fourth-order valence-corrected chi connectivity index (χ4v) is 2.32.